The third-order valence-electron chi connectivity index (χ3n) is 4.69. The molecular weight excluding hydrogens is 366 g/mol. The third-order valence-corrected chi connectivity index (χ3v) is 10.1. The molecule has 0 unspecified atom stereocenters. The average Bonchev–Trinajstić information content (AvgIpc) is 2.54. The average molecular weight is 400 g/mol. The molecule has 0 spiro atoms. The Kier molecular flexibility index (Phi) is 9.16. The standard InChI is InChI=1S/C19H33NO4SSi/c1-19(2,3)26(4,5)24-11-13-25-12-10-23-16-8-6-15(7-9-16)14-17(20)18(21)22/h6-9,17H,10-14,20H2,1-5H3,(H,21,22)/t17-/m0/s1. The van der Waals surface area contributed by atoms with Gasteiger partial charge in [-0.05, 0) is 42.2 Å². The highest BCUT2D eigenvalue weighted by atomic mass is 32.2. The number of thioether (sulfide) groups is 1. The fraction of sp³-hybridized carbons (Fsp3) is 0.632. The number of hydrogen-bond donors (Lipinski definition) is 2. The zero-order valence-electron chi connectivity index (χ0n) is 16.6. The molecule has 0 amide bonds. The normalized spacial score (nSPS) is 13.5. The minimum absolute atomic E-state index is 0.251. The Morgan fingerprint density at radius 1 is 1.19 bits per heavy atom. The first-order valence-electron chi connectivity index (χ1n) is 8.95. The van der Waals surface area contributed by atoms with Crippen LogP contribution in [0, 0.1) is 0 Å². The van der Waals surface area contributed by atoms with E-state index in [2.05, 4.69) is 33.9 Å². The van der Waals surface area contributed by atoms with Crippen molar-refractivity contribution in [3.8, 4) is 5.75 Å². The summed E-state index contributed by atoms with van der Waals surface area (Å²) in [4.78, 5) is 10.8. The number of rotatable bonds is 11. The zero-order chi connectivity index (χ0) is 19.8. The van der Waals surface area contributed by atoms with Gasteiger partial charge < -0.3 is 20.0 Å². The number of carboxylic acids is 1. The van der Waals surface area contributed by atoms with E-state index in [4.69, 9.17) is 20.0 Å². The van der Waals surface area contributed by atoms with Gasteiger partial charge in [-0.3, -0.25) is 4.79 Å². The molecule has 26 heavy (non-hydrogen) atoms. The van der Waals surface area contributed by atoms with Gasteiger partial charge in [0.1, 0.15) is 11.8 Å². The summed E-state index contributed by atoms with van der Waals surface area (Å²) in [5, 5.41) is 9.08. The number of ether oxygens (including phenoxy) is 1. The molecule has 0 aromatic heterocycles. The summed E-state index contributed by atoms with van der Waals surface area (Å²) in [6, 6.07) is 6.56. The quantitative estimate of drug-likeness (QED) is 0.435. The van der Waals surface area contributed by atoms with Gasteiger partial charge >= 0.3 is 5.97 Å². The van der Waals surface area contributed by atoms with Crippen LogP contribution in [0.4, 0.5) is 0 Å². The third kappa shape index (κ3) is 8.12. The molecule has 0 aliphatic carbocycles. The second-order valence-electron chi connectivity index (χ2n) is 7.86. The van der Waals surface area contributed by atoms with Crippen LogP contribution in [0.15, 0.2) is 24.3 Å². The van der Waals surface area contributed by atoms with Crippen molar-refractivity contribution in [2.75, 3.05) is 24.7 Å². The molecular formula is C19H33NO4SSi. The number of carboxylic acid groups (broad SMARTS) is 1. The Morgan fingerprint density at radius 3 is 2.31 bits per heavy atom. The van der Waals surface area contributed by atoms with Gasteiger partial charge in [0.05, 0.1) is 6.61 Å². The van der Waals surface area contributed by atoms with Crippen LogP contribution in [0.3, 0.4) is 0 Å². The predicted molar refractivity (Wildman–Crippen MR) is 112 cm³/mol. The first-order chi connectivity index (χ1) is 12.0. The van der Waals surface area contributed by atoms with Crippen molar-refractivity contribution in [3.05, 3.63) is 29.8 Å². The molecule has 1 rings (SSSR count). The Labute approximate surface area is 162 Å². The van der Waals surface area contributed by atoms with Gasteiger partial charge in [-0.15, -0.1) is 0 Å². The molecule has 0 heterocycles. The fourth-order valence-corrected chi connectivity index (χ4v) is 3.76. The van der Waals surface area contributed by atoms with Crippen molar-refractivity contribution in [2.24, 2.45) is 5.73 Å². The van der Waals surface area contributed by atoms with E-state index in [-0.39, 0.29) is 5.04 Å². The van der Waals surface area contributed by atoms with Crippen molar-refractivity contribution in [1.29, 1.82) is 0 Å². The van der Waals surface area contributed by atoms with Crippen molar-refractivity contribution >= 4 is 26.0 Å². The number of nitrogens with two attached hydrogens (primary N) is 1. The molecule has 0 saturated carbocycles. The van der Waals surface area contributed by atoms with Gasteiger partial charge in [-0.25, -0.2) is 0 Å². The van der Waals surface area contributed by atoms with Gasteiger partial charge in [-0.2, -0.15) is 11.8 Å². The highest BCUT2D eigenvalue weighted by Crippen LogP contribution is 2.36. The largest absolute Gasteiger partial charge is 0.493 e. The van der Waals surface area contributed by atoms with E-state index in [0.29, 0.717) is 13.0 Å². The lowest BCUT2D eigenvalue weighted by Gasteiger charge is -2.36. The van der Waals surface area contributed by atoms with E-state index < -0.39 is 20.3 Å². The summed E-state index contributed by atoms with van der Waals surface area (Å²) >= 11 is 1.83. The van der Waals surface area contributed by atoms with Crippen molar-refractivity contribution in [1.82, 2.24) is 0 Å². The molecule has 0 saturated heterocycles. The van der Waals surface area contributed by atoms with E-state index in [0.717, 1.165) is 29.4 Å². The number of carbonyl (C=O) groups is 1. The van der Waals surface area contributed by atoms with Crippen molar-refractivity contribution in [2.45, 2.75) is 51.4 Å². The SMILES string of the molecule is CC(C)(C)[Si](C)(C)OCCSCCOc1ccc(C[C@H](N)C(=O)O)cc1. The molecule has 148 valence electrons. The molecule has 0 aliphatic rings. The van der Waals surface area contributed by atoms with Crippen molar-refractivity contribution in [3.63, 3.8) is 0 Å². The van der Waals surface area contributed by atoms with Crippen LogP contribution in [0.5, 0.6) is 5.75 Å². The smallest absolute Gasteiger partial charge is 0.320 e. The Morgan fingerprint density at radius 2 is 1.77 bits per heavy atom. The molecule has 0 aliphatic heterocycles. The van der Waals surface area contributed by atoms with Gasteiger partial charge in [0.25, 0.3) is 0 Å². The van der Waals surface area contributed by atoms with Crippen LogP contribution in [-0.2, 0) is 15.6 Å². The van der Waals surface area contributed by atoms with E-state index >= 15 is 0 Å². The molecule has 1 atom stereocenters. The van der Waals surface area contributed by atoms with Crippen LogP contribution in [0.1, 0.15) is 26.3 Å². The molecule has 0 fully saturated rings. The topological polar surface area (TPSA) is 81.8 Å². The fourth-order valence-electron chi connectivity index (χ4n) is 1.96. The van der Waals surface area contributed by atoms with Gasteiger partial charge in [0.15, 0.2) is 8.32 Å². The van der Waals surface area contributed by atoms with Crippen LogP contribution in [0.25, 0.3) is 0 Å². The van der Waals surface area contributed by atoms with Gasteiger partial charge in [0, 0.05) is 18.1 Å². The lowest BCUT2D eigenvalue weighted by molar-refractivity contribution is -0.138. The van der Waals surface area contributed by atoms with Crippen LogP contribution in [0.2, 0.25) is 18.1 Å². The Hall–Kier alpha value is -1.02. The summed E-state index contributed by atoms with van der Waals surface area (Å²) in [7, 11) is -1.64. The monoisotopic (exact) mass is 399 g/mol. The van der Waals surface area contributed by atoms with E-state index in [1.165, 1.54) is 0 Å². The molecule has 0 radical (unpaired) electrons. The van der Waals surface area contributed by atoms with E-state index in [9.17, 15) is 4.79 Å². The number of hydrogen-bond acceptors (Lipinski definition) is 5. The molecule has 3 N–H and O–H groups in total. The first-order valence-corrected chi connectivity index (χ1v) is 13.0. The van der Waals surface area contributed by atoms with Crippen molar-refractivity contribution < 1.29 is 19.1 Å². The maximum atomic E-state index is 10.8. The Bertz CT molecular complexity index is 558. The van der Waals surface area contributed by atoms with Gasteiger partial charge in [0.2, 0.25) is 0 Å². The minimum atomic E-state index is -1.64. The summed E-state index contributed by atoms with van der Waals surface area (Å²) in [5.74, 6) is 1.68. The van der Waals surface area contributed by atoms with E-state index in [1.807, 2.05) is 36.0 Å². The second-order valence-corrected chi connectivity index (χ2v) is 13.9. The first kappa shape index (κ1) is 23.0. The highest BCUT2D eigenvalue weighted by molar-refractivity contribution is 7.99. The van der Waals surface area contributed by atoms with Crippen LogP contribution in [-0.4, -0.2) is 50.2 Å². The molecule has 1 aromatic rings. The summed E-state index contributed by atoms with van der Waals surface area (Å²) in [6.45, 7) is 12.7. The van der Waals surface area contributed by atoms with Crippen LogP contribution >= 0.6 is 11.8 Å². The molecule has 0 bridgehead atoms. The summed E-state index contributed by atoms with van der Waals surface area (Å²) in [5.41, 5.74) is 6.43. The predicted octanol–water partition coefficient (Wildman–Crippen LogP) is 3.77. The number of benzene rings is 1. The van der Waals surface area contributed by atoms with E-state index in [1.54, 1.807) is 0 Å². The molecule has 5 nitrogen and oxygen atoms in total. The molecule has 1 aromatic carbocycles. The maximum absolute atomic E-state index is 10.8. The highest BCUT2D eigenvalue weighted by Gasteiger charge is 2.36. The van der Waals surface area contributed by atoms with Gasteiger partial charge in [-0.1, -0.05) is 32.9 Å². The summed E-state index contributed by atoms with van der Waals surface area (Å²) in [6.07, 6.45) is 0.319. The minimum Gasteiger partial charge on any atom is -0.493 e. The van der Waals surface area contributed by atoms with Crippen LogP contribution < -0.4 is 10.5 Å². The second kappa shape index (κ2) is 10.3. The lowest BCUT2D eigenvalue weighted by atomic mass is 10.1. The maximum Gasteiger partial charge on any atom is 0.320 e. The number of aliphatic carboxylic acids is 1. The summed E-state index contributed by atoms with van der Waals surface area (Å²) < 4.78 is 11.9. The lowest BCUT2D eigenvalue weighted by Crippen LogP contribution is -2.41. The zero-order valence-corrected chi connectivity index (χ0v) is 18.4. The molecule has 7 heteroatoms. The Balaban J connectivity index is 2.19.